The van der Waals surface area contributed by atoms with Gasteiger partial charge in [-0.3, -0.25) is 4.72 Å². The number of anilines is 2. The van der Waals surface area contributed by atoms with Crippen LogP contribution in [-0.4, -0.2) is 52.1 Å². The molecule has 2 N–H and O–H groups in total. The van der Waals surface area contributed by atoms with Gasteiger partial charge in [0.1, 0.15) is 5.82 Å². The highest BCUT2D eigenvalue weighted by molar-refractivity contribution is 7.92. The lowest BCUT2D eigenvalue weighted by Gasteiger charge is -2.15. The minimum absolute atomic E-state index is 0.0390. The molecule has 0 saturated carbocycles. The fourth-order valence-corrected chi connectivity index (χ4v) is 3.84. The lowest BCUT2D eigenvalue weighted by molar-refractivity contribution is 0.600. The minimum Gasteiger partial charge on any atom is -0.341 e. The monoisotopic (exact) mass is 390 g/mol. The molecule has 27 heavy (non-hydrogen) atoms. The zero-order valence-electron chi connectivity index (χ0n) is 14.0. The number of benzene rings is 1. The summed E-state index contributed by atoms with van der Waals surface area (Å²) in [5, 5.41) is 12.9. The summed E-state index contributed by atoms with van der Waals surface area (Å²) < 4.78 is 41.6. The van der Waals surface area contributed by atoms with Crippen molar-refractivity contribution in [2.24, 2.45) is 0 Å². The molecular formula is C15H15FN8O2S. The molecule has 1 aliphatic heterocycles. The van der Waals surface area contributed by atoms with E-state index in [0.717, 1.165) is 44.1 Å². The van der Waals surface area contributed by atoms with Crippen molar-refractivity contribution in [3.05, 3.63) is 36.4 Å². The Kier molecular flexibility index (Phi) is 4.39. The van der Waals surface area contributed by atoms with E-state index in [-0.39, 0.29) is 22.0 Å². The van der Waals surface area contributed by atoms with E-state index in [1.807, 2.05) is 4.90 Å². The number of aromatic nitrogens is 6. The molecule has 0 atom stereocenters. The fraction of sp³-hybridized carbons (Fsp3) is 0.267. The number of halogens is 1. The van der Waals surface area contributed by atoms with Gasteiger partial charge in [0.15, 0.2) is 0 Å². The molecule has 1 aromatic carbocycles. The maximum absolute atomic E-state index is 14.0. The van der Waals surface area contributed by atoms with Crippen LogP contribution in [0.2, 0.25) is 0 Å². The highest BCUT2D eigenvalue weighted by Crippen LogP contribution is 2.24. The van der Waals surface area contributed by atoms with Crippen molar-refractivity contribution in [2.75, 3.05) is 22.7 Å². The SMILES string of the molecule is O=S(=O)(Nc1cnc(N2CCCC2)nc1)c1ccc(F)c(-c2nn[nH]n2)c1. The predicted molar refractivity (Wildman–Crippen MR) is 93.9 cm³/mol. The van der Waals surface area contributed by atoms with Gasteiger partial charge in [0.25, 0.3) is 10.0 Å². The van der Waals surface area contributed by atoms with Gasteiger partial charge in [-0.05, 0) is 36.3 Å². The van der Waals surface area contributed by atoms with Crippen LogP contribution >= 0.6 is 0 Å². The Labute approximate surface area is 153 Å². The van der Waals surface area contributed by atoms with Gasteiger partial charge in [-0.1, -0.05) is 0 Å². The average molecular weight is 390 g/mol. The summed E-state index contributed by atoms with van der Waals surface area (Å²) >= 11 is 0. The molecule has 1 saturated heterocycles. The molecule has 1 fully saturated rings. The number of hydrogen-bond donors (Lipinski definition) is 2. The molecular weight excluding hydrogens is 375 g/mol. The number of tetrazole rings is 1. The van der Waals surface area contributed by atoms with Crippen LogP contribution in [0, 0.1) is 5.82 Å². The smallest absolute Gasteiger partial charge is 0.262 e. The normalized spacial score (nSPS) is 14.5. The zero-order chi connectivity index (χ0) is 18.9. The Morgan fingerprint density at radius 2 is 1.89 bits per heavy atom. The van der Waals surface area contributed by atoms with Crippen LogP contribution in [0.1, 0.15) is 12.8 Å². The van der Waals surface area contributed by atoms with Crippen LogP contribution in [0.5, 0.6) is 0 Å². The largest absolute Gasteiger partial charge is 0.341 e. The summed E-state index contributed by atoms with van der Waals surface area (Å²) in [6.45, 7) is 1.78. The molecule has 10 nitrogen and oxygen atoms in total. The molecule has 0 spiro atoms. The van der Waals surface area contributed by atoms with Crippen LogP contribution in [0.4, 0.5) is 16.0 Å². The van der Waals surface area contributed by atoms with Crippen molar-refractivity contribution >= 4 is 21.7 Å². The lowest BCUT2D eigenvalue weighted by atomic mass is 10.2. The molecule has 0 radical (unpaired) electrons. The quantitative estimate of drug-likeness (QED) is 0.665. The van der Waals surface area contributed by atoms with Gasteiger partial charge in [-0.15, -0.1) is 10.2 Å². The van der Waals surface area contributed by atoms with Gasteiger partial charge in [-0.25, -0.2) is 22.8 Å². The van der Waals surface area contributed by atoms with E-state index in [1.165, 1.54) is 12.4 Å². The molecule has 0 bridgehead atoms. The lowest BCUT2D eigenvalue weighted by Crippen LogP contribution is -2.20. The molecule has 12 heteroatoms. The Bertz CT molecular complexity index is 1030. The second-order valence-corrected chi connectivity index (χ2v) is 7.63. The van der Waals surface area contributed by atoms with Gasteiger partial charge in [0.05, 0.1) is 28.5 Å². The van der Waals surface area contributed by atoms with Crippen LogP contribution in [-0.2, 0) is 10.0 Å². The molecule has 140 valence electrons. The van der Waals surface area contributed by atoms with E-state index >= 15 is 0 Å². The summed E-state index contributed by atoms with van der Waals surface area (Å²) in [4.78, 5) is 10.3. The van der Waals surface area contributed by atoms with Gasteiger partial charge in [-0.2, -0.15) is 5.21 Å². The second-order valence-electron chi connectivity index (χ2n) is 5.95. The number of nitrogens with zero attached hydrogens (tertiary/aromatic N) is 6. The number of H-pyrrole nitrogens is 1. The molecule has 3 heterocycles. The number of sulfonamides is 1. The Balaban J connectivity index is 1.57. The van der Waals surface area contributed by atoms with Gasteiger partial charge < -0.3 is 4.90 Å². The molecule has 0 unspecified atom stereocenters. The van der Waals surface area contributed by atoms with E-state index in [4.69, 9.17) is 0 Å². The number of nitrogens with one attached hydrogen (secondary N) is 2. The first kappa shape index (κ1) is 17.3. The molecule has 2 aromatic heterocycles. The fourth-order valence-electron chi connectivity index (χ4n) is 2.79. The summed E-state index contributed by atoms with van der Waals surface area (Å²) in [6, 6.07) is 3.33. The van der Waals surface area contributed by atoms with E-state index in [2.05, 4.69) is 35.3 Å². The summed E-state index contributed by atoms with van der Waals surface area (Å²) in [5.74, 6) is -0.131. The zero-order valence-corrected chi connectivity index (χ0v) is 14.8. The van der Waals surface area contributed by atoms with Gasteiger partial charge in [0.2, 0.25) is 11.8 Å². The molecule has 1 aliphatic rings. The van der Waals surface area contributed by atoms with Crippen LogP contribution < -0.4 is 9.62 Å². The standard InChI is InChI=1S/C15H15FN8O2S/c16-13-4-3-11(7-12(13)14-19-22-23-20-14)27(25,26)21-10-8-17-15(18-9-10)24-5-1-2-6-24/h3-4,7-9,21H,1-2,5-6H2,(H,19,20,22,23). The number of rotatable bonds is 5. The third-order valence-electron chi connectivity index (χ3n) is 4.11. The predicted octanol–water partition coefficient (Wildman–Crippen LogP) is 1.20. The number of aromatic amines is 1. The third kappa shape index (κ3) is 3.56. The Morgan fingerprint density at radius 1 is 1.15 bits per heavy atom. The molecule has 0 aliphatic carbocycles. The molecule has 4 rings (SSSR count). The molecule has 0 amide bonds. The van der Waals surface area contributed by atoms with Crippen molar-refractivity contribution in [3.63, 3.8) is 0 Å². The first-order chi connectivity index (χ1) is 13.0. The third-order valence-corrected chi connectivity index (χ3v) is 5.49. The second kappa shape index (κ2) is 6.87. The first-order valence-corrected chi connectivity index (χ1v) is 9.64. The molecule has 3 aromatic rings. The summed E-state index contributed by atoms with van der Waals surface area (Å²) in [7, 11) is -3.97. The van der Waals surface area contributed by atoms with Crippen LogP contribution in [0.3, 0.4) is 0 Å². The van der Waals surface area contributed by atoms with Crippen molar-refractivity contribution in [1.29, 1.82) is 0 Å². The highest BCUT2D eigenvalue weighted by atomic mass is 32.2. The minimum atomic E-state index is -3.97. The van der Waals surface area contributed by atoms with E-state index < -0.39 is 15.8 Å². The number of hydrogen-bond acceptors (Lipinski definition) is 8. The summed E-state index contributed by atoms with van der Waals surface area (Å²) in [5.41, 5.74) is 0.135. The van der Waals surface area contributed by atoms with Crippen molar-refractivity contribution < 1.29 is 12.8 Å². The Morgan fingerprint density at radius 3 is 2.56 bits per heavy atom. The van der Waals surface area contributed by atoms with Gasteiger partial charge in [0, 0.05) is 13.1 Å². The average Bonchev–Trinajstić information content (AvgIpc) is 3.36. The Hall–Kier alpha value is -3.15. The van der Waals surface area contributed by atoms with Crippen molar-refractivity contribution in [3.8, 4) is 11.4 Å². The van der Waals surface area contributed by atoms with Gasteiger partial charge >= 0.3 is 0 Å². The van der Waals surface area contributed by atoms with Crippen molar-refractivity contribution in [1.82, 2.24) is 30.6 Å². The van der Waals surface area contributed by atoms with Crippen LogP contribution in [0.15, 0.2) is 35.5 Å². The summed E-state index contributed by atoms with van der Waals surface area (Å²) in [6.07, 6.45) is 4.99. The van der Waals surface area contributed by atoms with E-state index in [0.29, 0.717) is 5.95 Å². The van der Waals surface area contributed by atoms with E-state index in [9.17, 15) is 12.8 Å². The highest BCUT2D eigenvalue weighted by Gasteiger charge is 2.20. The van der Waals surface area contributed by atoms with Crippen molar-refractivity contribution in [2.45, 2.75) is 17.7 Å². The van der Waals surface area contributed by atoms with E-state index in [1.54, 1.807) is 0 Å². The topological polar surface area (TPSA) is 130 Å². The maximum atomic E-state index is 14.0. The maximum Gasteiger partial charge on any atom is 0.262 e. The first-order valence-electron chi connectivity index (χ1n) is 8.16. The van der Waals surface area contributed by atoms with Crippen LogP contribution in [0.25, 0.3) is 11.4 Å².